The highest BCUT2D eigenvalue weighted by Crippen LogP contribution is 2.29. The molecule has 3 heterocycles. The van der Waals surface area contributed by atoms with Crippen LogP contribution in [0, 0.1) is 0 Å². The molecule has 11 nitrogen and oxygen atoms in total. The number of piperidine rings is 1. The summed E-state index contributed by atoms with van der Waals surface area (Å²) in [4.78, 5) is 63.8. The SMILES string of the molecule is CC(C)(C)OC(=O)N1CC(S(=O)(=O)CCCCCCCc2ccc3c(c2)C(=O)N(C2CCC(=O)NC2=O)C3=O)C1. The van der Waals surface area contributed by atoms with Crippen LogP contribution in [0.4, 0.5) is 4.79 Å². The summed E-state index contributed by atoms with van der Waals surface area (Å²) in [7, 11) is -3.26. The lowest BCUT2D eigenvalue weighted by molar-refractivity contribution is -0.136. The number of rotatable bonds is 10. The van der Waals surface area contributed by atoms with Crippen molar-refractivity contribution in [1.82, 2.24) is 15.1 Å². The Hall–Kier alpha value is -3.28. The van der Waals surface area contributed by atoms with Crippen LogP contribution in [0.25, 0.3) is 0 Å². The third-order valence-corrected chi connectivity index (χ3v) is 9.58. The molecule has 2 saturated heterocycles. The third kappa shape index (κ3) is 6.71. The van der Waals surface area contributed by atoms with Crippen LogP contribution in [-0.4, -0.2) is 83.7 Å². The minimum Gasteiger partial charge on any atom is -0.444 e. The first-order valence-electron chi connectivity index (χ1n) is 13.8. The summed E-state index contributed by atoms with van der Waals surface area (Å²) in [5.74, 6) is -1.97. The van der Waals surface area contributed by atoms with Gasteiger partial charge in [-0.15, -0.1) is 0 Å². The Bertz CT molecular complexity index is 1310. The molecule has 218 valence electrons. The summed E-state index contributed by atoms with van der Waals surface area (Å²) >= 11 is 0. The molecule has 0 bridgehead atoms. The van der Waals surface area contributed by atoms with E-state index in [1.165, 1.54) is 4.90 Å². The largest absolute Gasteiger partial charge is 0.444 e. The molecule has 12 heteroatoms. The Kier molecular flexibility index (Phi) is 8.67. The Morgan fingerprint density at radius 3 is 2.30 bits per heavy atom. The molecular formula is C28H37N3O8S. The first-order valence-corrected chi connectivity index (χ1v) is 15.5. The molecule has 0 saturated carbocycles. The normalized spacial score (nSPS) is 19.9. The van der Waals surface area contributed by atoms with Crippen molar-refractivity contribution < 1.29 is 37.1 Å². The molecule has 4 rings (SSSR count). The van der Waals surface area contributed by atoms with Gasteiger partial charge in [-0.05, 0) is 64.2 Å². The second kappa shape index (κ2) is 11.7. The molecule has 3 aliphatic rings. The highest BCUT2D eigenvalue weighted by atomic mass is 32.2. The van der Waals surface area contributed by atoms with Gasteiger partial charge in [0.2, 0.25) is 11.8 Å². The van der Waals surface area contributed by atoms with Gasteiger partial charge in [0.25, 0.3) is 11.8 Å². The number of sulfone groups is 1. The van der Waals surface area contributed by atoms with E-state index in [0.717, 1.165) is 36.1 Å². The Morgan fingerprint density at radius 2 is 1.62 bits per heavy atom. The van der Waals surface area contributed by atoms with Gasteiger partial charge in [0.1, 0.15) is 11.6 Å². The number of imide groups is 2. The maximum atomic E-state index is 13.0. The average molecular weight is 576 g/mol. The van der Waals surface area contributed by atoms with Crippen LogP contribution in [-0.2, 0) is 30.6 Å². The van der Waals surface area contributed by atoms with Gasteiger partial charge >= 0.3 is 6.09 Å². The minimum atomic E-state index is -3.26. The molecule has 1 atom stereocenters. The van der Waals surface area contributed by atoms with Crippen LogP contribution < -0.4 is 5.32 Å². The van der Waals surface area contributed by atoms with Crippen molar-refractivity contribution in [3.05, 3.63) is 34.9 Å². The fraction of sp³-hybridized carbons (Fsp3) is 0.607. The summed E-state index contributed by atoms with van der Waals surface area (Å²) in [5, 5.41) is 1.66. The van der Waals surface area contributed by atoms with Crippen molar-refractivity contribution >= 4 is 39.6 Å². The van der Waals surface area contributed by atoms with E-state index in [1.807, 2.05) is 6.07 Å². The lowest BCUT2D eigenvalue weighted by Crippen LogP contribution is -2.58. The first-order chi connectivity index (χ1) is 18.8. The molecule has 0 radical (unpaired) electrons. The van der Waals surface area contributed by atoms with Crippen molar-refractivity contribution in [1.29, 1.82) is 0 Å². The highest BCUT2D eigenvalue weighted by molar-refractivity contribution is 7.92. The van der Waals surface area contributed by atoms with Crippen LogP contribution in [0.3, 0.4) is 0 Å². The molecule has 0 aromatic heterocycles. The fourth-order valence-electron chi connectivity index (χ4n) is 5.14. The number of aryl methyl sites for hydroxylation is 1. The standard InChI is InChI=1S/C28H37N3O8S/c1-28(2,3)39-27(36)30-16-19(17-30)40(37,38)14-8-6-4-5-7-9-18-10-11-20-21(15-18)26(35)31(25(20)34)22-12-13-23(32)29-24(22)33/h10-11,15,19,22H,4-9,12-14,16-17H2,1-3H3,(H,29,32,33). The van der Waals surface area contributed by atoms with Gasteiger partial charge in [-0.3, -0.25) is 29.4 Å². The van der Waals surface area contributed by atoms with Crippen LogP contribution in [0.15, 0.2) is 18.2 Å². The molecular weight excluding hydrogens is 538 g/mol. The van der Waals surface area contributed by atoms with Crippen molar-refractivity contribution in [2.24, 2.45) is 0 Å². The van der Waals surface area contributed by atoms with E-state index in [1.54, 1.807) is 32.9 Å². The van der Waals surface area contributed by atoms with Gasteiger partial charge in [-0.2, -0.15) is 0 Å². The van der Waals surface area contributed by atoms with Gasteiger partial charge in [0, 0.05) is 19.5 Å². The number of nitrogens with one attached hydrogen (secondary N) is 1. The van der Waals surface area contributed by atoms with E-state index in [-0.39, 0.29) is 42.8 Å². The van der Waals surface area contributed by atoms with Crippen LogP contribution in [0.1, 0.15) is 92.0 Å². The number of benzene rings is 1. The first kappa shape index (κ1) is 29.7. The number of fused-ring (bicyclic) bond motifs is 1. The molecule has 2 fully saturated rings. The maximum Gasteiger partial charge on any atom is 0.410 e. The number of nitrogens with zero attached hydrogens (tertiary/aromatic N) is 2. The van der Waals surface area contributed by atoms with Crippen LogP contribution in [0.5, 0.6) is 0 Å². The molecule has 1 aromatic carbocycles. The van der Waals surface area contributed by atoms with Gasteiger partial charge < -0.3 is 9.64 Å². The Morgan fingerprint density at radius 1 is 0.975 bits per heavy atom. The molecule has 1 aromatic rings. The minimum absolute atomic E-state index is 0.0777. The number of carbonyl (C=O) groups is 5. The fourth-order valence-corrected chi connectivity index (χ4v) is 6.90. The monoisotopic (exact) mass is 575 g/mol. The van der Waals surface area contributed by atoms with Crippen molar-refractivity contribution in [3.63, 3.8) is 0 Å². The zero-order chi connectivity index (χ0) is 29.2. The number of hydrogen-bond donors (Lipinski definition) is 1. The van der Waals surface area contributed by atoms with Crippen LogP contribution in [0.2, 0.25) is 0 Å². The number of amides is 5. The van der Waals surface area contributed by atoms with Crippen molar-refractivity contribution in [2.75, 3.05) is 18.8 Å². The van der Waals surface area contributed by atoms with E-state index in [9.17, 15) is 32.4 Å². The van der Waals surface area contributed by atoms with E-state index < -0.39 is 56.5 Å². The smallest absolute Gasteiger partial charge is 0.410 e. The zero-order valence-corrected chi connectivity index (χ0v) is 24.1. The Labute approximate surface area is 234 Å². The lowest BCUT2D eigenvalue weighted by atomic mass is 10.0. The second-order valence-corrected chi connectivity index (χ2v) is 14.1. The number of ether oxygens (including phenoxy) is 1. The molecule has 40 heavy (non-hydrogen) atoms. The van der Waals surface area contributed by atoms with E-state index in [4.69, 9.17) is 4.74 Å². The topological polar surface area (TPSA) is 147 Å². The third-order valence-electron chi connectivity index (χ3n) is 7.41. The van der Waals surface area contributed by atoms with Crippen LogP contribution >= 0.6 is 0 Å². The summed E-state index contributed by atoms with van der Waals surface area (Å²) in [6.45, 7) is 5.67. The predicted molar refractivity (Wildman–Crippen MR) is 145 cm³/mol. The molecule has 1 unspecified atom stereocenters. The number of carbonyl (C=O) groups excluding carboxylic acids is 5. The summed E-state index contributed by atoms with van der Waals surface area (Å²) in [5.41, 5.74) is 0.836. The summed E-state index contributed by atoms with van der Waals surface area (Å²) in [6.07, 6.45) is 4.37. The van der Waals surface area contributed by atoms with E-state index in [2.05, 4.69) is 5.32 Å². The van der Waals surface area contributed by atoms with Gasteiger partial charge in [0.05, 0.1) is 22.1 Å². The summed E-state index contributed by atoms with van der Waals surface area (Å²) in [6, 6.07) is 4.15. The molecule has 5 amide bonds. The second-order valence-electron chi connectivity index (χ2n) is 11.7. The van der Waals surface area contributed by atoms with E-state index >= 15 is 0 Å². The van der Waals surface area contributed by atoms with Gasteiger partial charge in [-0.25, -0.2) is 13.2 Å². The van der Waals surface area contributed by atoms with Gasteiger partial charge in [-0.1, -0.05) is 25.3 Å². The summed E-state index contributed by atoms with van der Waals surface area (Å²) < 4.78 is 30.4. The quantitative estimate of drug-likeness (QED) is 0.331. The molecule has 1 N–H and O–H groups in total. The molecule has 0 aliphatic carbocycles. The lowest BCUT2D eigenvalue weighted by Gasteiger charge is -2.39. The molecule has 3 aliphatic heterocycles. The maximum absolute atomic E-state index is 13.0. The van der Waals surface area contributed by atoms with E-state index in [0.29, 0.717) is 12.8 Å². The van der Waals surface area contributed by atoms with Crippen molar-refractivity contribution in [3.8, 4) is 0 Å². The number of likely N-dealkylation sites (tertiary alicyclic amines) is 1. The number of unbranched alkanes of at least 4 members (excludes halogenated alkanes) is 4. The van der Waals surface area contributed by atoms with Gasteiger partial charge in [0.15, 0.2) is 9.84 Å². The van der Waals surface area contributed by atoms with Crippen molar-refractivity contribution in [2.45, 2.75) is 89.0 Å². The highest BCUT2D eigenvalue weighted by Gasteiger charge is 2.44. The predicted octanol–water partition coefficient (Wildman–Crippen LogP) is 2.61. The Balaban J connectivity index is 1.16. The number of hydrogen-bond acceptors (Lipinski definition) is 8. The molecule has 0 spiro atoms. The zero-order valence-electron chi connectivity index (χ0n) is 23.2. The average Bonchev–Trinajstić information content (AvgIpc) is 3.05.